The molecule has 0 saturated heterocycles. The molecule has 16 heavy (non-hydrogen) atoms. The van der Waals surface area contributed by atoms with Gasteiger partial charge in [0.05, 0.1) is 11.9 Å². The lowest BCUT2D eigenvalue weighted by Gasteiger charge is -2.18. The maximum absolute atomic E-state index is 5.86. The Labute approximate surface area is 94.5 Å². The van der Waals surface area contributed by atoms with Crippen molar-refractivity contribution in [3.8, 4) is 0 Å². The summed E-state index contributed by atoms with van der Waals surface area (Å²) in [4.78, 5) is 6.26. The van der Waals surface area contributed by atoms with Gasteiger partial charge in [-0.15, -0.1) is 0 Å². The fourth-order valence-corrected chi connectivity index (χ4v) is 1.63. The van der Waals surface area contributed by atoms with Crippen LogP contribution in [-0.4, -0.2) is 21.8 Å². The van der Waals surface area contributed by atoms with Gasteiger partial charge in [0.2, 0.25) is 0 Å². The van der Waals surface area contributed by atoms with Gasteiger partial charge in [0.25, 0.3) is 0 Å². The molecule has 84 valence electrons. The molecule has 0 atom stereocenters. The Morgan fingerprint density at radius 1 is 1.50 bits per heavy atom. The summed E-state index contributed by atoms with van der Waals surface area (Å²) in [6, 6.07) is 3.68. The molecule has 2 rings (SSSR count). The maximum atomic E-state index is 5.86. The first-order valence-electron chi connectivity index (χ1n) is 5.06. The minimum atomic E-state index is 0.689. The largest absolute Gasteiger partial charge is 0.396 e. The van der Waals surface area contributed by atoms with Crippen LogP contribution in [0.1, 0.15) is 5.56 Å². The molecule has 0 spiro atoms. The summed E-state index contributed by atoms with van der Waals surface area (Å²) in [7, 11) is 3.87. The summed E-state index contributed by atoms with van der Waals surface area (Å²) < 4.78 is 1.78. The first-order chi connectivity index (χ1) is 7.66. The van der Waals surface area contributed by atoms with E-state index in [1.165, 1.54) is 0 Å². The number of rotatable bonds is 3. The van der Waals surface area contributed by atoms with Crippen LogP contribution in [0.25, 0.3) is 0 Å². The van der Waals surface area contributed by atoms with Crippen LogP contribution in [0.3, 0.4) is 0 Å². The summed E-state index contributed by atoms with van der Waals surface area (Å²) in [5.74, 6) is 0.798. The lowest BCUT2D eigenvalue weighted by Crippen LogP contribution is -2.18. The van der Waals surface area contributed by atoms with Crippen molar-refractivity contribution in [1.82, 2.24) is 14.8 Å². The van der Waals surface area contributed by atoms with Crippen LogP contribution in [0.15, 0.2) is 30.7 Å². The van der Waals surface area contributed by atoms with Gasteiger partial charge in [-0.05, 0) is 12.1 Å². The molecule has 0 aromatic carbocycles. The van der Waals surface area contributed by atoms with E-state index in [0.29, 0.717) is 5.69 Å². The summed E-state index contributed by atoms with van der Waals surface area (Å²) in [5.41, 5.74) is 7.68. The van der Waals surface area contributed by atoms with E-state index in [1.807, 2.05) is 43.5 Å². The molecule has 2 heterocycles. The normalized spacial score (nSPS) is 10.4. The Hall–Kier alpha value is -2.04. The van der Waals surface area contributed by atoms with Crippen molar-refractivity contribution in [2.75, 3.05) is 17.7 Å². The highest BCUT2D eigenvalue weighted by atomic mass is 15.2. The Kier molecular flexibility index (Phi) is 2.76. The minimum Gasteiger partial charge on any atom is -0.396 e. The van der Waals surface area contributed by atoms with E-state index in [1.54, 1.807) is 10.9 Å². The monoisotopic (exact) mass is 217 g/mol. The molecular weight excluding hydrogens is 202 g/mol. The van der Waals surface area contributed by atoms with Crippen LogP contribution in [-0.2, 0) is 13.6 Å². The molecule has 2 N–H and O–H groups in total. The lowest BCUT2D eigenvalue weighted by molar-refractivity contribution is 0.766. The third-order valence-corrected chi connectivity index (χ3v) is 2.36. The van der Waals surface area contributed by atoms with Crippen molar-refractivity contribution < 1.29 is 0 Å². The molecule has 0 fully saturated rings. The molecule has 0 radical (unpaired) electrons. The minimum absolute atomic E-state index is 0.689. The van der Waals surface area contributed by atoms with Gasteiger partial charge in [0, 0.05) is 38.6 Å². The number of aryl methyl sites for hydroxylation is 1. The van der Waals surface area contributed by atoms with Gasteiger partial charge in [-0.1, -0.05) is 0 Å². The number of anilines is 2. The van der Waals surface area contributed by atoms with Crippen molar-refractivity contribution in [2.24, 2.45) is 7.05 Å². The van der Waals surface area contributed by atoms with Crippen molar-refractivity contribution in [3.05, 3.63) is 36.3 Å². The molecule has 0 saturated carbocycles. The molecular formula is C11H15N5. The van der Waals surface area contributed by atoms with Gasteiger partial charge in [-0.3, -0.25) is 4.68 Å². The van der Waals surface area contributed by atoms with Crippen LogP contribution in [0, 0.1) is 0 Å². The van der Waals surface area contributed by atoms with E-state index in [2.05, 4.69) is 10.1 Å². The number of nitrogen functional groups attached to an aromatic ring is 1. The Bertz CT molecular complexity index is 477. The van der Waals surface area contributed by atoms with Crippen molar-refractivity contribution in [1.29, 1.82) is 0 Å². The topological polar surface area (TPSA) is 60.0 Å². The number of pyridine rings is 1. The number of hydrogen-bond donors (Lipinski definition) is 1. The molecule has 0 bridgehead atoms. The zero-order chi connectivity index (χ0) is 11.5. The number of nitrogens with zero attached hydrogens (tertiary/aromatic N) is 4. The molecule has 2 aromatic rings. The van der Waals surface area contributed by atoms with Crippen LogP contribution >= 0.6 is 0 Å². The number of aromatic nitrogens is 3. The van der Waals surface area contributed by atoms with Crippen molar-refractivity contribution in [3.63, 3.8) is 0 Å². The average Bonchev–Trinajstić information content (AvgIpc) is 2.64. The van der Waals surface area contributed by atoms with Crippen LogP contribution in [0.2, 0.25) is 0 Å². The molecule has 0 unspecified atom stereocenters. The molecule has 0 amide bonds. The zero-order valence-corrected chi connectivity index (χ0v) is 9.46. The third kappa shape index (κ3) is 2.13. The predicted octanol–water partition coefficient (Wildman–Crippen LogP) is 1.03. The lowest BCUT2D eigenvalue weighted by atomic mass is 10.3. The molecule has 5 heteroatoms. The first-order valence-corrected chi connectivity index (χ1v) is 5.06. The van der Waals surface area contributed by atoms with E-state index in [9.17, 15) is 0 Å². The maximum Gasteiger partial charge on any atom is 0.151 e. The van der Waals surface area contributed by atoms with E-state index in [4.69, 9.17) is 5.73 Å². The summed E-state index contributed by atoms with van der Waals surface area (Å²) in [6.07, 6.45) is 5.57. The predicted molar refractivity (Wildman–Crippen MR) is 64.0 cm³/mol. The second kappa shape index (κ2) is 4.22. The van der Waals surface area contributed by atoms with E-state index in [0.717, 1.165) is 17.9 Å². The molecule has 0 aliphatic carbocycles. The number of nitrogens with two attached hydrogens (primary N) is 1. The van der Waals surface area contributed by atoms with Gasteiger partial charge in [0.15, 0.2) is 5.82 Å². The summed E-state index contributed by atoms with van der Waals surface area (Å²) in [6.45, 7) is 0.745. The smallest absolute Gasteiger partial charge is 0.151 e. The Morgan fingerprint density at radius 2 is 2.31 bits per heavy atom. The highest BCUT2D eigenvalue weighted by molar-refractivity contribution is 5.61. The third-order valence-electron chi connectivity index (χ3n) is 2.36. The highest BCUT2D eigenvalue weighted by Gasteiger charge is 2.07. The SMILES string of the molecule is CN(Cc1cnn(C)c1)c1ncccc1N. The van der Waals surface area contributed by atoms with E-state index in [-0.39, 0.29) is 0 Å². The Balaban J connectivity index is 2.14. The fourth-order valence-electron chi connectivity index (χ4n) is 1.63. The van der Waals surface area contributed by atoms with Gasteiger partial charge in [-0.2, -0.15) is 5.10 Å². The summed E-state index contributed by atoms with van der Waals surface area (Å²) in [5, 5.41) is 4.12. The Morgan fingerprint density at radius 3 is 2.94 bits per heavy atom. The van der Waals surface area contributed by atoms with Gasteiger partial charge in [-0.25, -0.2) is 4.98 Å². The quantitative estimate of drug-likeness (QED) is 0.834. The van der Waals surface area contributed by atoms with Crippen LogP contribution in [0.4, 0.5) is 11.5 Å². The molecule has 2 aromatic heterocycles. The van der Waals surface area contributed by atoms with Gasteiger partial charge >= 0.3 is 0 Å². The second-order valence-electron chi connectivity index (χ2n) is 3.79. The standard InChI is InChI=1S/C11H15N5/c1-15(7-9-6-14-16(2)8-9)11-10(12)4-3-5-13-11/h3-6,8H,7,12H2,1-2H3. The molecule has 0 aliphatic rings. The summed E-state index contributed by atoms with van der Waals surface area (Å²) >= 11 is 0. The van der Waals surface area contributed by atoms with Gasteiger partial charge in [0.1, 0.15) is 0 Å². The first kappa shape index (κ1) is 10.5. The van der Waals surface area contributed by atoms with E-state index >= 15 is 0 Å². The highest BCUT2D eigenvalue weighted by Crippen LogP contribution is 2.19. The van der Waals surface area contributed by atoms with Crippen molar-refractivity contribution in [2.45, 2.75) is 6.54 Å². The van der Waals surface area contributed by atoms with Gasteiger partial charge < -0.3 is 10.6 Å². The van der Waals surface area contributed by atoms with E-state index < -0.39 is 0 Å². The molecule has 0 aliphatic heterocycles. The van der Waals surface area contributed by atoms with Crippen LogP contribution in [0.5, 0.6) is 0 Å². The van der Waals surface area contributed by atoms with Crippen molar-refractivity contribution >= 4 is 11.5 Å². The fraction of sp³-hybridized carbons (Fsp3) is 0.273. The zero-order valence-electron chi connectivity index (χ0n) is 9.46. The number of hydrogen-bond acceptors (Lipinski definition) is 4. The van der Waals surface area contributed by atoms with Crippen LogP contribution < -0.4 is 10.6 Å². The second-order valence-corrected chi connectivity index (χ2v) is 3.79. The molecule has 5 nitrogen and oxygen atoms in total. The average molecular weight is 217 g/mol.